The van der Waals surface area contributed by atoms with E-state index in [4.69, 9.17) is 0 Å². The van der Waals surface area contributed by atoms with Gasteiger partial charge < -0.3 is 10.6 Å². The largest absolute Gasteiger partial charge is 0.318 e. The number of carbonyl (C=O) groups is 1. The van der Waals surface area contributed by atoms with E-state index < -0.39 is 11.7 Å². The zero-order valence-corrected chi connectivity index (χ0v) is 14.5. The van der Waals surface area contributed by atoms with E-state index in [-0.39, 0.29) is 29.8 Å². The van der Waals surface area contributed by atoms with Gasteiger partial charge in [-0.1, -0.05) is 21.1 Å². The number of piperidine rings is 1. The molecule has 2 N–H and O–H groups in total. The molecule has 3 rings (SSSR count). The minimum atomic E-state index is -0.506. The number of carbonyl (C=O) groups excluding carboxylic acids is 1. The number of rotatable bonds is 3. The summed E-state index contributed by atoms with van der Waals surface area (Å²) < 4.78 is 16.1. The van der Waals surface area contributed by atoms with Crippen molar-refractivity contribution in [2.75, 3.05) is 18.4 Å². The Hall–Kier alpha value is -1.51. The average molecular weight is 405 g/mol. The Balaban J connectivity index is 0.00000192. The van der Waals surface area contributed by atoms with Crippen molar-refractivity contribution < 1.29 is 9.18 Å². The summed E-state index contributed by atoms with van der Waals surface area (Å²) >= 11 is 3.17. The van der Waals surface area contributed by atoms with E-state index in [1.165, 1.54) is 12.1 Å². The summed E-state index contributed by atoms with van der Waals surface area (Å²) in [5.41, 5.74) is 0.297. The first-order valence-electron chi connectivity index (χ1n) is 7.02. The van der Waals surface area contributed by atoms with E-state index in [0.717, 1.165) is 25.9 Å². The van der Waals surface area contributed by atoms with Crippen LogP contribution in [0.5, 0.6) is 0 Å². The van der Waals surface area contributed by atoms with Gasteiger partial charge in [0.1, 0.15) is 5.82 Å². The molecular formula is C14H16BrClFN5O. The number of hydrogen-bond donors (Lipinski definition) is 2. The lowest BCUT2D eigenvalue weighted by Gasteiger charge is -2.22. The minimum absolute atomic E-state index is 0. The first kappa shape index (κ1) is 17.8. The van der Waals surface area contributed by atoms with Crippen LogP contribution in [-0.2, 0) is 0 Å². The van der Waals surface area contributed by atoms with Crippen molar-refractivity contribution in [2.24, 2.45) is 0 Å². The van der Waals surface area contributed by atoms with Gasteiger partial charge >= 0.3 is 0 Å². The summed E-state index contributed by atoms with van der Waals surface area (Å²) in [6.07, 6.45) is 3.51. The number of aromatic nitrogens is 3. The molecule has 2 heterocycles. The van der Waals surface area contributed by atoms with Gasteiger partial charge in [0.05, 0.1) is 17.9 Å². The standard InChI is InChI=1S/C14H15BrFN5O.ClH/c15-9-1-2-12(11(16)7-9)18-14(22)13-8-21(20-19-13)10-3-5-17-6-4-10;/h1-2,7-8,10,17H,3-6H2,(H,18,22);1H. The summed E-state index contributed by atoms with van der Waals surface area (Å²) in [7, 11) is 0. The van der Waals surface area contributed by atoms with Crippen LogP contribution in [0.3, 0.4) is 0 Å². The molecule has 0 radical (unpaired) electrons. The highest BCUT2D eigenvalue weighted by molar-refractivity contribution is 9.10. The van der Waals surface area contributed by atoms with E-state index in [1.54, 1.807) is 16.9 Å². The molecule has 1 aliphatic rings. The Labute approximate surface area is 147 Å². The Bertz CT molecular complexity index is 690. The van der Waals surface area contributed by atoms with E-state index in [2.05, 4.69) is 36.9 Å². The first-order chi connectivity index (χ1) is 10.6. The molecule has 1 aliphatic heterocycles. The predicted molar refractivity (Wildman–Crippen MR) is 90.5 cm³/mol. The van der Waals surface area contributed by atoms with Crippen LogP contribution < -0.4 is 10.6 Å². The number of anilines is 1. The SMILES string of the molecule is Cl.O=C(Nc1ccc(Br)cc1F)c1cn(C2CCNCC2)nn1. The summed E-state index contributed by atoms with van der Waals surface area (Å²) in [4.78, 5) is 12.1. The quantitative estimate of drug-likeness (QED) is 0.825. The summed E-state index contributed by atoms with van der Waals surface area (Å²) in [6, 6.07) is 4.69. The van der Waals surface area contributed by atoms with Gasteiger partial charge in [-0.25, -0.2) is 9.07 Å². The monoisotopic (exact) mass is 403 g/mol. The van der Waals surface area contributed by atoms with E-state index >= 15 is 0 Å². The number of hydrogen-bond acceptors (Lipinski definition) is 4. The molecule has 1 aromatic carbocycles. The van der Waals surface area contributed by atoms with Gasteiger partial charge in [-0.05, 0) is 44.1 Å². The van der Waals surface area contributed by atoms with Crippen LogP contribution in [0.4, 0.5) is 10.1 Å². The molecule has 0 unspecified atom stereocenters. The maximum atomic E-state index is 13.7. The summed E-state index contributed by atoms with van der Waals surface area (Å²) in [5.74, 6) is -0.977. The fourth-order valence-electron chi connectivity index (χ4n) is 2.41. The molecule has 23 heavy (non-hydrogen) atoms. The summed E-state index contributed by atoms with van der Waals surface area (Å²) in [6.45, 7) is 1.85. The van der Waals surface area contributed by atoms with Crippen molar-refractivity contribution in [1.29, 1.82) is 0 Å². The molecule has 1 fully saturated rings. The molecule has 1 aromatic heterocycles. The second kappa shape index (κ2) is 7.85. The lowest BCUT2D eigenvalue weighted by molar-refractivity contribution is 0.102. The molecule has 0 bridgehead atoms. The highest BCUT2D eigenvalue weighted by atomic mass is 79.9. The molecule has 9 heteroatoms. The van der Waals surface area contributed by atoms with Crippen molar-refractivity contribution in [2.45, 2.75) is 18.9 Å². The smallest absolute Gasteiger partial charge is 0.277 e. The normalized spacial score (nSPS) is 15.0. The van der Waals surface area contributed by atoms with E-state index in [1.807, 2.05) is 0 Å². The molecule has 1 saturated heterocycles. The third kappa shape index (κ3) is 4.27. The highest BCUT2D eigenvalue weighted by Crippen LogP contribution is 2.20. The van der Waals surface area contributed by atoms with Crippen LogP contribution in [0, 0.1) is 5.82 Å². The maximum absolute atomic E-state index is 13.7. The van der Waals surface area contributed by atoms with Crippen LogP contribution >= 0.6 is 28.3 Å². The number of nitrogens with zero attached hydrogens (tertiary/aromatic N) is 3. The van der Waals surface area contributed by atoms with Gasteiger partial charge in [0.25, 0.3) is 5.91 Å². The Morgan fingerprint density at radius 3 is 2.83 bits per heavy atom. The van der Waals surface area contributed by atoms with Crippen molar-refractivity contribution in [3.63, 3.8) is 0 Å². The third-order valence-corrected chi connectivity index (χ3v) is 4.10. The molecule has 1 amide bonds. The van der Waals surface area contributed by atoms with Crippen LogP contribution in [0.1, 0.15) is 29.4 Å². The van der Waals surface area contributed by atoms with Crippen LogP contribution in [0.15, 0.2) is 28.9 Å². The average Bonchev–Trinajstić information content (AvgIpc) is 3.01. The maximum Gasteiger partial charge on any atom is 0.277 e. The number of amides is 1. The fourth-order valence-corrected chi connectivity index (χ4v) is 2.74. The molecule has 0 saturated carbocycles. The molecule has 0 aliphatic carbocycles. The van der Waals surface area contributed by atoms with Crippen molar-refractivity contribution in [1.82, 2.24) is 20.3 Å². The topological polar surface area (TPSA) is 71.8 Å². The highest BCUT2D eigenvalue weighted by Gasteiger charge is 2.19. The van der Waals surface area contributed by atoms with E-state index in [9.17, 15) is 9.18 Å². The second-order valence-corrected chi connectivity index (χ2v) is 6.06. The fraction of sp³-hybridized carbons (Fsp3) is 0.357. The zero-order valence-electron chi connectivity index (χ0n) is 12.1. The second-order valence-electron chi connectivity index (χ2n) is 5.14. The lowest BCUT2D eigenvalue weighted by Crippen LogP contribution is -2.29. The Kier molecular flexibility index (Phi) is 6.09. The van der Waals surface area contributed by atoms with Crippen molar-refractivity contribution >= 4 is 39.9 Å². The number of benzene rings is 1. The minimum Gasteiger partial charge on any atom is -0.318 e. The van der Waals surface area contributed by atoms with Crippen molar-refractivity contribution in [3.8, 4) is 0 Å². The molecule has 6 nitrogen and oxygen atoms in total. The van der Waals surface area contributed by atoms with Gasteiger partial charge in [-0.15, -0.1) is 17.5 Å². The number of nitrogens with one attached hydrogen (secondary N) is 2. The Morgan fingerprint density at radius 2 is 2.13 bits per heavy atom. The molecule has 0 spiro atoms. The molecular weight excluding hydrogens is 389 g/mol. The van der Waals surface area contributed by atoms with Crippen LogP contribution in [-0.4, -0.2) is 34.0 Å². The molecule has 2 aromatic rings. The van der Waals surface area contributed by atoms with Gasteiger partial charge in [0.15, 0.2) is 5.69 Å². The van der Waals surface area contributed by atoms with Gasteiger partial charge in [0.2, 0.25) is 0 Å². The molecule has 124 valence electrons. The number of halogens is 3. The summed E-state index contributed by atoms with van der Waals surface area (Å²) in [5, 5.41) is 13.7. The van der Waals surface area contributed by atoms with Crippen molar-refractivity contribution in [3.05, 3.63) is 40.4 Å². The van der Waals surface area contributed by atoms with E-state index in [0.29, 0.717) is 4.47 Å². The Morgan fingerprint density at radius 1 is 1.39 bits per heavy atom. The third-order valence-electron chi connectivity index (χ3n) is 3.61. The molecule has 0 atom stereocenters. The van der Waals surface area contributed by atoms with Gasteiger partial charge in [0, 0.05) is 4.47 Å². The first-order valence-corrected chi connectivity index (χ1v) is 7.82. The van der Waals surface area contributed by atoms with Crippen LogP contribution in [0.2, 0.25) is 0 Å². The van der Waals surface area contributed by atoms with Gasteiger partial charge in [-0.3, -0.25) is 4.79 Å². The van der Waals surface area contributed by atoms with Gasteiger partial charge in [-0.2, -0.15) is 0 Å². The van der Waals surface area contributed by atoms with Crippen LogP contribution in [0.25, 0.3) is 0 Å². The predicted octanol–water partition coefficient (Wildman–Crippen LogP) is 2.78. The zero-order chi connectivity index (χ0) is 15.5. The lowest BCUT2D eigenvalue weighted by atomic mass is 10.1.